The molecule has 0 radical (unpaired) electrons. The molecule has 3 aliphatic rings. The van der Waals surface area contributed by atoms with Crippen molar-refractivity contribution in [2.45, 2.75) is 84.2 Å². The predicted molar refractivity (Wildman–Crippen MR) is 100 cm³/mol. The molecule has 2 fully saturated rings. The van der Waals surface area contributed by atoms with Gasteiger partial charge in [-0.1, -0.05) is 38.5 Å². The van der Waals surface area contributed by atoms with Gasteiger partial charge in [0.25, 0.3) is 0 Å². The highest BCUT2D eigenvalue weighted by Gasteiger charge is 2.53. The molecule has 4 rings (SSSR count). The molecule has 1 unspecified atom stereocenters. The lowest BCUT2D eigenvalue weighted by molar-refractivity contribution is -0.126. The standard InChI is InChI=1S/C23H34O/c1-4-16-9-10-17-11-12-19-18(20(17)15-16)13-14-23(3)21(19)7-6-8-22(23)24-5-2/h9-10,15,18-19,21-22H,4-8,11-14H2,1-3H3/t18-,19+,21-,22?,23-/m0/s1. The van der Waals surface area contributed by atoms with Crippen molar-refractivity contribution < 1.29 is 4.74 Å². The predicted octanol–water partition coefficient (Wildman–Crippen LogP) is 5.90. The molecular formula is C23H34O. The van der Waals surface area contributed by atoms with Crippen LogP contribution in [0.1, 0.15) is 81.9 Å². The number of aryl methyl sites for hydroxylation is 2. The first kappa shape index (κ1) is 16.6. The topological polar surface area (TPSA) is 9.23 Å². The van der Waals surface area contributed by atoms with Gasteiger partial charge in [-0.3, -0.25) is 0 Å². The second-order valence-corrected chi connectivity index (χ2v) is 8.72. The van der Waals surface area contributed by atoms with Crippen LogP contribution in [0.25, 0.3) is 0 Å². The van der Waals surface area contributed by atoms with Crippen molar-refractivity contribution in [3.63, 3.8) is 0 Å². The molecule has 0 N–H and O–H groups in total. The third-order valence-electron chi connectivity index (χ3n) is 7.72. The molecule has 24 heavy (non-hydrogen) atoms. The number of ether oxygens (including phenoxy) is 1. The summed E-state index contributed by atoms with van der Waals surface area (Å²) >= 11 is 0. The molecular weight excluding hydrogens is 292 g/mol. The lowest BCUT2D eigenvalue weighted by Crippen LogP contribution is -2.51. The van der Waals surface area contributed by atoms with Crippen LogP contribution in [0.4, 0.5) is 0 Å². The number of hydrogen-bond donors (Lipinski definition) is 0. The van der Waals surface area contributed by atoms with E-state index < -0.39 is 0 Å². The third kappa shape index (κ3) is 2.55. The van der Waals surface area contributed by atoms with Crippen LogP contribution < -0.4 is 0 Å². The zero-order valence-electron chi connectivity index (χ0n) is 15.8. The van der Waals surface area contributed by atoms with Gasteiger partial charge in [-0.05, 0) is 91.7 Å². The van der Waals surface area contributed by atoms with Crippen molar-refractivity contribution in [3.05, 3.63) is 34.9 Å². The summed E-state index contributed by atoms with van der Waals surface area (Å²) in [5, 5.41) is 0. The maximum Gasteiger partial charge on any atom is 0.0631 e. The molecule has 5 atom stereocenters. The fraction of sp³-hybridized carbons (Fsp3) is 0.739. The van der Waals surface area contributed by atoms with E-state index in [4.69, 9.17) is 4.74 Å². The van der Waals surface area contributed by atoms with Gasteiger partial charge in [-0.2, -0.15) is 0 Å². The molecule has 1 aromatic carbocycles. The van der Waals surface area contributed by atoms with Crippen LogP contribution in [0.5, 0.6) is 0 Å². The molecule has 1 aromatic rings. The van der Waals surface area contributed by atoms with Gasteiger partial charge in [0, 0.05) is 6.61 Å². The van der Waals surface area contributed by atoms with Crippen molar-refractivity contribution in [1.82, 2.24) is 0 Å². The first-order valence-electron chi connectivity index (χ1n) is 10.4. The minimum Gasteiger partial charge on any atom is -0.378 e. The summed E-state index contributed by atoms with van der Waals surface area (Å²) in [7, 11) is 0. The Kier molecular flexibility index (Phi) is 4.49. The summed E-state index contributed by atoms with van der Waals surface area (Å²) in [6, 6.07) is 7.34. The normalized spacial score (nSPS) is 38.1. The fourth-order valence-corrected chi connectivity index (χ4v) is 6.45. The minimum absolute atomic E-state index is 0.426. The van der Waals surface area contributed by atoms with Gasteiger partial charge in [0.1, 0.15) is 0 Å². The van der Waals surface area contributed by atoms with E-state index in [1.165, 1.54) is 50.5 Å². The van der Waals surface area contributed by atoms with E-state index in [-0.39, 0.29) is 0 Å². The Morgan fingerprint density at radius 2 is 2.00 bits per heavy atom. The molecule has 0 heterocycles. The van der Waals surface area contributed by atoms with Gasteiger partial charge in [-0.25, -0.2) is 0 Å². The molecule has 0 bridgehead atoms. The third-order valence-corrected chi connectivity index (χ3v) is 7.72. The van der Waals surface area contributed by atoms with Gasteiger partial charge in [0.05, 0.1) is 6.10 Å². The Morgan fingerprint density at radius 1 is 1.12 bits per heavy atom. The second-order valence-electron chi connectivity index (χ2n) is 8.72. The first-order chi connectivity index (χ1) is 11.7. The van der Waals surface area contributed by atoms with E-state index in [0.717, 1.165) is 30.8 Å². The number of rotatable bonds is 3. The molecule has 132 valence electrons. The van der Waals surface area contributed by atoms with Gasteiger partial charge in [0.2, 0.25) is 0 Å². The van der Waals surface area contributed by atoms with Crippen molar-refractivity contribution in [3.8, 4) is 0 Å². The Morgan fingerprint density at radius 3 is 2.79 bits per heavy atom. The largest absolute Gasteiger partial charge is 0.378 e. The molecule has 2 saturated carbocycles. The maximum atomic E-state index is 6.24. The molecule has 1 heteroatoms. The summed E-state index contributed by atoms with van der Waals surface area (Å²) in [4.78, 5) is 0. The highest BCUT2D eigenvalue weighted by molar-refractivity contribution is 5.38. The number of fused-ring (bicyclic) bond motifs is 5. The number of benzene rings is 1. The van der Waals surface area contributed by atoms with Crippen LogP contribution in [0.3, 0.4) is 0 Å². The zero-order valence-corrected chi connectivity index (χ0v) is 15.8. The first-order valence-corrected chi connectivity index (χ1v) is 10.4. The highest BCUT2D eigenvalue weighted by Crippen LogP contribution is 2.60. The van der Waals surface area contributed by atoms with Gasteiger partial charge >= 0.3 is 0 Å². The molecule has 0 aliphatic heterocycles. The van der Waals surface area contributed by atoms with Crippen LogP contribution in [-0.4, -0.2) is 12.7 Å². The fourth-order valence-electron chi connectivity index (χ4n) is 6.45. The lowest BCUT2D eigenvalue weighted by atomic mass is 9.50. The molecule has 0 spiro atoms. The SMILES string of the molecule is CCOC1CCC[C@H]2[C@@H]3CCc4ccc(CC)cc4[C@H]3CC[C@]12C. The molecule has 1 nitrogen and oxygen atoms in total. The summed E-state index contributed by atoms with van der Waals surface area (Å²) in [6.45, 7) is 7.89. The second kappa shape index (κ2) is 6.48. The molecule has 0 amide bonds. The molecule has 0 aromatic heterocycles. The van der Waals surface area contributed by atoms with Gasteiger partial charge in [-0.15, -0.1) is 0 Å². The summed E-state index contributed by atoms with van der Waals surface area (Å²) in [5.41, 5.74) is 5.31. The Hall–Kier alpha value is -0.820. The van der Waals surface area contributed by atoms with Gasteiger partial charge < -0.3 is 4.74 Å². The molecule has 0 saturated heterocycles. The maximum absolute atomic E-state index is 6.24. The average molecular weight is 327 g/mol. The van der Waals surface area contributed by atoms with Crippen LogP contribution in [0.2, 0.25) is 0 Å². The summed E-state index contributed by atoms with van der Waals surface area (Å²) in [5.74, 6) is 2.59. The highest BCUT2D eigenvalue weighted by atomic mass is 16.5. The van der Waals surface area contributed by atoms with Crippen LogP contribution in [-0.2, 0) is 17.6 Å². The average Bonchev–Trinajstić information content (AvgIpc) is 2.61. The minimum atomic E-state index is 0.426. The van der Waals surface area contributed by atoms with Crippen molar-refractivity contribution in [2.24, 2.45) is 17.3 Å². The van der Waals surface area contributed by atoms with E-state index in [0.29, 0.717) is 11.5 Å². The van der Waals surface area contributed by atoms with Crippen molar-refractivity contribution >= 4 is 0 Å². The van der Waals surface area contributed by atoms with Crippen LogP contribution in [0.15, 0.2) is 18.2 Å². The Balaban J connectivity index is 1.65. The van der Waals surface area contributed by atoms with E-state index >= 15 is 0 Å². The molecule has 3 aliphatic carbocycles. The van der Waals surface area contributed by atoms with Crippen LogP contribution in [0, 0.1) is 17.3 Å². The Labute approximate surface area is 148 Å². The summed E-state index contributed by atoms with van der Waals surface area (Å²) in [6.07, 6.45) is 11.2. The van der Waals surface area contributed by atoms with Crippen molar-refractivity contribution in [2.75, 3.05) is 6.61 Å². The van der Waals surface area contributed by atoms with Gasteiger partial charge in [0.15, 0.2) is 0 Å². The number of hydrogen-bond acceptors (Lipinski definition) is 1. The van der Waals surface area contributed by atoms with E-state index in [9.17, 15) is 0 Å². The Bertz CT molecular complexity index is 590. The smallest absolute Gasteiger partial charge is 0.0631 e. The van der Waals surface area contributed by atoms with E-state index in [1.807, 2.05) is 0 Å². The van der Waals surface area contributed by atoms with E-state index in [2.05, 4.69) is 39.0 Å². The van der Waals surface area contributed by atoms with Crippen molar-refractivity contribution in [1.29, 1.82) is 0 Å². The summed E-state index contributed by atoms with van der Waals surface area (Å²) < 4.78 is 6.24. The van der Waals surface area contributed by atoms with Crippen LogP contribution >= 0.6 is 0 Å². The lowest BCUT2D eigenvalue weighted by Gasteiger charge is -2.57. The zero-order chi connectivity index (χ0) is 16.7. The monoisotopic (exact) mass is 326 g/mol. The van der Waals surface area contributed by atoms with E-state index in [1.54, 1.807) is 11.1 Å². The quantitative estimate of drug-likeness (QED) is 0.672.